The van der Waals surface area contributed by atoms with Crippen molar-refractivity contribution < 1.29 is 19.0 Å². The number of Topliss-reactive ketones (excluding diaryl/α,β-unsaturated/α-hetero) is 1. The molecule has 2 aliphatic rings. The van der Waals surface area contributed by atoms with Gasteiger partial charge in [-0.15, -0.1) is 0 Å². The summed E-state index contributed by atoms with van der Waals surface area (Å²) in [5, 5.41) is 3.41. The van der Waals surface area contributed by atoms with Crippen LogP contribution in [-0.2, 0) is 0 Å². The Morgan fingerprint density at radius 1 is 1.13 bits per heavy atom. The molecule has 0 aliphatic carbocycles. The van der Waals surface area contributed by atoms with Crippen LogP contribution in [0.4, 0.5) is 0 Å². The minimum Gasteiger partial charge on any atom is -0.493 e. The predicted octanol–water partition coefficient (Wildman–Crippen LogP) is 4.60. The maximum atomic E-state index is 13.9. The molecule has 2 aromatic carbocycles. The summed E-state index contributed by atoms with van der Waals surface area (Å²) < 4.78 is 18.0. The fraction of sp³-hybridized carbons (Fsp3) is 0.480. The van der Waals surface area contributed by atoms with E-state index in [0.29, 0.717) is 17.1 Å². The Kier molecular flexibility index (Phi) is 5.74. The minimum atomic E-state index is -0.490. The predicted molar refractivity (Wildman–Crippen MR) is 117 cm³/mol. The molecule has 2 unspecified atom stereocenters. The van der Waals surface area contributed by atoms with E-state index in [1.807, 2.05) is 50.2 Å². The van der Waals surface area contributed by atoms with Crippen molar-refractivity contribution in [3.63, 3.8) is 0 Å². The molecule has 5 nitrogen and oxygen atoms in total. The highest BCUT2D eigenvalue weighted by atomic mass is 16.5. The zero-order valence-corrected chi connectivity index (χ0v) is 18.2. The van der Waals surface area contributed by atoms with Crippen LogP contribution < -0.4 is 19.5 Å². The van der Waals surface area contributed by atoms with Gasteiger partial charge in [-0.2, -0.15) is 0 Å². The van der Waals surface area contributed by atoms with Gasteiger partial charge >= 0.3 is 0 Å². The van der Waals surface area contributed by atoms with Crippen LogP contribution in [-0.4, -0.2) is 37.7 Å². The molecular weight excluding hydrogens is 378 g/mol. The third-order valence-electron chi connectivity index (χ3n) is 6.33. The van der Waals surface area contributed by atoms with E-state index in [1.54, 1.807) is 7.11 Å². The Hall–Kier alpha value is -2.53. The van der Waals surface area contributed by atoms with Gasteiger partial charge in [0.2, 0.25) is 0 Å². The number of para-hydroxylation sites is 1. The van der Waals surface area contributed by atoms with Gasteiger partial charge < -0.3 is 19.5 Å². The Morgan fingerprint density at radius 3 is 2.57 bits per heavy atom. The largest absolute Gasteiger partial charge is 0.493 e. The molecule has 1 saturated heterocycles. The second kappa shape index (κ2) is 8.31. The molecule has 5 heteroatoms. The molecule has 4 rings (SSSR count). The van der Waals surface area contributed by atoms with Crippen LogP contribution in [0.3, 0.4) is 0 Å². The number of ketones is 1. The number of benzene rings is 2. The van der Waals surface area contributed by atoms with Gasteiger partial charge in [-0.1, -0.05) is 25.1 Å². The second-order valence-corrected chi connectivity index (χ2v) is 8.62. The number of ether oxygens (including phenoxy) is 3. The van der Waals surface area contributed by atoms with Gasteiger partial charge in [0.25, 0.3) is 0 Å². The Bertz CT molecular complexity index is 917. The third-order valence-corrected chi connectivity index (χ3v) is 6.33. The normalized spacial score (nSPS) is 22.3. The molecule has 2 heterocycles. The molecule has 0 radical (unpaired) electrons. The zero-order chi connectivity index (χ0) is 21.3. The number of piperidine rings is 1. The maximum Gasteiger partial charge on any atom is 0.170 e. The summed E-state index contributed by atoms with van der Waals surface area (Å²) in [6, 6.07) is 13.6. The van der Waals surface area contributed by atoms with Crippen LogP contribution in [0.25, 0.3) is 0 Å². The Balaban J connectivity index is 1.74. The van der Waals surface area contributed by atoms with E-state index in [4.69, 9.17) is 14.2 Å². The van der Waals surface area contributed by atoms with Crippen molar-refractivity contribution in [2.24, 2.45) is 5.92 Å². The van der Waals surface area contributed by atoms with Crippen molar-refractivity contribution in [2.75, 3.05) is 20.2 Å². The lowest BCUT2D eigenvalue weighted by molar-refractivity contribution is -0.0319. The highest BCUT2D eigenvalue weighted by Crippen LogP contribution is 2.49. The first-order valence-corrected chi connectivity index (χ1v) is 10.8. The number of hydrogen-bond donors (Lipinski definition) is 1. The van der Waals surface area contributed by atoms with Gasteiger partial charge in [0.05, 0.1) is 19.1 Å². The summed E-state index contributed by atoms with van der Waals surface area (Å²) in [6.45, 7) is 7.79. The van der Waals surface area contributed by atoms with Gasteiger partial charge in [0.15, 0.2) is 17.3 Å². The molecule has 1 fully saturated rings. The monoisotopic (exact) mass is 409 g/mol. The van der Waals surface area contributed by atoms with Gasteiger partial charge in [-0.25, -0.2) is 0 Å². The first-order valence-electron chi connectivity index (χ1n) is 10.8. The summed E-state index contributed by atoms with van der Waals surface area (Å²) in [4.78, 5) is 13.9. The molecule has 160 valence electrons. The highest BCUT2D eigenvalue weighted by molar-refractivity contribution is 6.00. The van der Waals surface area contributed by atoms with Crippen LogP contribution in [0.15, 0.2) is 42.5 Å². The maximum absolute atomic E-state index is 13.9. The Labute approximate surface area is 178 Å². The molecule has 0 bridgehead atoms. The number of rotatable bonds is 5. The molecule has 0 amide bonds. The summed E-state index contributed by atoms with van der Waals surface area (Å²) >= 11 is 0. The number of fused-ring (bicyclic) bond motifs is 1. The lowest BCUT2D eigenvalue weighted by Crippen LogP contribution is -2.57. The van der Waals surface area contributed by atoms with E-state index < -0.39 is 5.60 Å². The first kappa shape index (κ1) is 20.7. The molecule has 2 aromatic rings. The van der Waals surface area contributed by atoms with Crippen molar-refractivity contribution in [3.05, 3.63) is 53.6 Å². The fourth-order valence-electron chi connectivity index (χ4n) is 4.95. The average molecular weight is 410 g/mol. The topological polar surface area (TPSA) is 56.8 Å². The number of hydrogen-bond acceptors (Lipinski definition) is 5. The fourth-order valence-corrected chi connectivity index (χ4v) is 4.95. The molecule has 30 heavy (non-hydrogen) atoms. The smallest absolute Gasteiger partial charge is 0.170 e. The van der Waals surface area contributed by atoms with Gasteiger partial charge in [-0.05, 0) is 62.7 Å². The average Bonchev–Trinajstić information content (AvgIpc) is 2.74. The van der Waals surface area contributed by atoms with Gasteiger partial charge in [-0.3, -0.25) is 4.79 Å². The lowest BCUT2D eigenvalue weighted by Gasteiger charge is -2.49. The molecule has 2 aliphatic heterocycles. The Morgan fingerprint density at radius 2 is 1.87 bits per heavy atom. The van der Waals surface area contributed by atoms with Crippen molar-refractivity contribution >= 4 is 5.78 Å². The van der Waals surface area contributed by atoms with E-state index in [-0.39, 0.29) is 23.7 Å². The van der Waals surface area contributed by atoms with Crippen LogP contribution >= 0.6 is 0 Å². The van der Waals surface area contributed by atoms with Crippen molar-refractivity contribution in [2.45, 2.75) is 51.2 Å². The van der Waals surface area contributed by atoms with Crippen LogP contribution in [0.5, 0.6) is 17.2 Å². The molecule has 2 atom stereocenters. The highest BCUT2D eigenvalue weighted by Gasteiger charge is 2.52. The van der Waals surface area contributed by atoms with E-state index >= 15 is 0 Å². The molecule has 0 saturated carbocycles. The standard InChI is InChI=1S/C25H31NO4/c1-16(2)29-21-10-9-18(15-22(21)28-4)24(27)23-17(3)19-7-5-6-8-20(19)30-25(23)11-13-26-14-12-25/h5-10,15-17,23,26H,11-14H2,1-4H3. The minimum absolute atomic E-state index is 0.0294. The van der Waals surface area contributed by atoms with Gasteiger partial charge in [0, 0.05) is 18.4 Å². The van der Waals surface area contributed by atoms with E-state index in [9.17, 15) is 4.79 Å². The molecular formula is C25H31NO4. The van der Waals surface area contributed by atoms with Crippen molar-refractivity contribution in [3.8, 4) is 17.2 Å². The van der Waals surface area contributed by atoms with Crippen LogP contribution in [0.2, 0.25) is 0 Å². The quantitative estimate of drug-likeness (QED) is 0.732. The summed E-state index contributed by atoms with van der Waals surface area (Å²) in [5.41, 5.74) is 1.25. The van der Waals surface area contributed by atoms with Crippen LogP contribution in [0, 0.1) is 5.92 Å². The SMILES string of the molecule is COc1cc(C(=O)C2C(C)c3ccccc3OC23CCNCC3)ccc1OC(C)C. The van der Waals surface area contributed by atoms with Crippen molar-refractivity contribution in [1.82, 2.24) is 5.32 Å². The summed E-state index contributed by atoms with van der Waals surface area (Å²) in [6.07, 6.45) is 1.66. The second-order valence-electron chi connectivity index (χ2n) is 8.62. The van der Waals surface area contributed by atoms with Gasteiger partial charge in [0.1, 0.15) is 11.4 Å². The first-order chi connectivity index (χ1) is 14.4. The van der Waals surface area contributed by atoms with Crippen LogP contribution in [0.1, 0.15) is 55.5 Å². The summed E-state index contributed by atoms with van der Waals surface area (Å²) in [7, 11) is 1.60. The van der Waals surface area contributed by atoms with Crippen molar-refractivity contribution in [1.29, 1.82) is 0 Å². The molecule has 1 spiro atoms. The summed E-state index contributed by atoms with van der Waals surface area (Å²) in [5.74, 6) is 2.06. The number of nitrogens with one attached hydrogen (secondary N) is 1. The number of methoxy groups -OCH3 is 1. The van der Waals surface area contributed by atoms with E-state index in [2.05, 4.69) is 18.3 Å². The third kappa shape index (κ3) is 3.67. The number of carbonyl (C=O) groups excluding carboxylic acids is 1. The molecule has 0 aromatic heterocycles. The lowest BCUT2D eigenvalue weighted by atomic mass is 9.66. The van der Waals surface area contributed by atoms with E-state index in [1.165, 1.54) is 0 Å². The molecule has 1 N–H and O–H groups in total. The zero-order valence-electron chi connectivity index (χ0n) is 18.2. The number of carbonyl (C=O) groups is 1. The van der Waals surface area contributed by atoms with E-state index in [0.717, 1.165) is 37.2 Å².